The topological polar surface area (TPSA) is 46.9 Å². The summed E-state index contributed by atoms with van der Waals surface area (Å²) in [7, 11) is 0. The first-order valence-corrected chi connectivity index (χ1v) is 7.98. The quantitative estimate of drug-likeness (QED) is 0.817. The van der Waals surface area contributed by atoms with Crippen molar-refractivity contribution >= 4 is 29.1 Å². The van der Waals surface area contributed by atoms with Crippen LogP contribution in [-0.2, 0) is 6.54 Å². The summed E-state index contributed by atoms with van der Waals surface area (Å²) in [6, 6.07) is 0. The molecule has 0 atom stereocenters. The van der Waals surface area contributed by atoms with E-state index in [0.29, 0.717) is 23.2 Å². The number of hydrogen-bond donors (Lipinski definition) is 1. The maximum atomic E-state index is 12.2. The van der Waals surface area contributed by atoms with Gasteiger partial charge in [0, 0.05) is 18.8 Å². The van der Waals surface area contributed by atoms with Gasteiger partial charge in [-0.05, 0) is 25.0 Å². The van der Waals surface area contributed by atoms with Gasteiger partial charge in [-0.1, -0.05) is 18.0 Å². The highest BCUT2D eigenvalue weighted by atomic mass is 35.5. The number of nitrogens with zero attached hydrogens (tertiary/aromatic N) is 2. The van der Waals surface area contributed by atoms with Crippen molar-refractivity contribution in [1.29, 1.82) is 0 Å². The lowest BCUT2D eigenvalue weighted by molar-refractivity contribution is 0.262. The van der Waals surface area contributed by atoms with Crippen LogP contribution >= 0.6 is 23.4 Å². The van der Waals surface area contributed by atoms with Crippen LogP contribution in [0.1, 0.15) is 19.3 Å². The van der Waals surface area contributed by atoms with E-state index in [1.807, 2.05) is 6.26 Å². The Morgan fingerprint density at radius 3 is 3.00 bits per heavy atom. The summed E-state index contributed by atoms with van der Waals surface area (Å²) in [4.78, 5) is 12.2. The van der Waals surface area contributed by atoms with Crippen LogP contribution in [0.25, 0.3) is 0 Å². The minimum Gasteiger partial charge on any atom is -0.378 e. The Labute approximate surface area is 116 Å². The van der Waals surface area contributed by atoms with Gasteiger partial charge in [0.25, 0.3) is 5.56 Å². The molecule has 0 aliphatic heterocycles. The van der Waals surface area contributed by atoms with E-state index in [2.05, 4.69) is 10.4 Å². The molecule has 1 aliphatic carbocycles. The average molecular weight is 288 g/mol. The summed E-state index contributed by atoms with van der Waals surface area (Å²) in [5, 5.41) is 7.63. The molecule has 2 rings (SSSR count). The highest BCUT2D eigenvalue weighted by Gasteiger charge is 2.20. The molecule has 18 heavy (non-hydrogen) atoms. The number of anilines is 1. The Morgan fingerprint density at radius 1 is 1.61 bits per heavy atom. The third kappa shape index (κ3) is 3.20. The zero-order valence-electron chi connectivity index (χ0n) is 10.5. The van der Waals surface area contributed by atoms with E-state index in [1.54, 1.807) is 18.0 Å². The van der Waals surface area contributed by atoms with Gasteiger partial charge in [-0.2, -0.15) is 16.9 Å². The molecule has 0 bridgehead atoms. The van der Waals surface area contributed by atoms with Crippen LogP contribution in [0.5, 0.6) is 0 Å². The highest BCUT2D eigenvalue weighted by Crippen LogP contribution is 2.27. The Balaban J connectivity index is 2.11. The number of rotatable bonds is 6. The first-order chi connectivity index (χ1) is 8.72. The van der Waals surface area contributed by atoms with Gasteiger partial charge in [0.15, 0.2) is 0 Å². The number of aromatic nitrogens is 2. The molecule has 1 aromatic heterocycles. The van der Waals surface area contributed by atoms with E-state index in [1.165, 1.54) is 23.9 Å². The van der Waals surface area contributed by atoms with Crippen LogP contribution in [0.3, 0.4) is 0 Å². The largest absolute Gasteiger partial charge is 0.378 e. The summed E-state index contributed by atoms with van der Waals surface area (Å²) in [5.74, 6) is 1.55. The standard InChI is InChI=1S/C12H18ClN3OS/c1-18-6-5-14-11-10(13)7-15-16(12(11)17)8-9-3-2-4-9/h7,9,14H,2-6,8H2,1H3. The Morgan fingerprint density at radius 2 is 2.39 bits per heavy atom. The molecule has 1 fully saturated rings. The van der Waals surface area contributed by atoms with E-state index in [0.717, 1.165) is 12.3 Å². The van der Waals surface area contributed by atoms with Gasteiger partial charge in [0.1, 0.15) is 5.69 Å². The molecule has 0 amide bonds. The SMILES string of the molecule is CSCCNc1c(Cl)cnn(CC2CCC2)c1=O. The maximum absolute atomic E-state index is 12.2. The normalized spacial score (nSPS) is 15.4. The van der Waals surface area contributed by atoms with Crippen molar-refractivity contribution in [3.63, 3.8) is 0 Å². The summed E-state index contributed by atoms with van der Waals surface area (Å²) in [6.07, 6.45) is 7.26. The van der Waals surface area contributed by atoms with Crippen LogP contribution in [0.4, 0.5) is 5.69 Å². The van der Waals surface area contributed by atoms with Gasteiger partial charge in [-0.3, -0.25) is 4.79 Å². The molecule has 6 heteroatoms. The lowest BCUT2D eigenvalue weighted by Crippen LogP contribution is -2.31. The van der Waals surface area contributed by atoms with Crippen molar-refractivity contribution in [1.82, 2.24) is 9.78 Å². The molecule has 1 aliphatic rings. The third-order valence-corrected chi connectivity index (χ3v) is 4.16. The molecule has 1 saturated carbocycles. The van der Waals surface area contributed by atoms with Gasteiger partial charge in [0.05, 0.1) is 11.2 Å². The number of hydrogen-bond acceptors (Lipinski definition) is 4. The van der Waals surface area contributed by atoms with Crippen molar-refractivity contribution in [2.24, 2.45) is 5.92 Å². The second kappa shape index (κ2) is 6.48. The monoisotopic (exact) mass is 287 g/mol. The lowest BCUT2D eigenvalue weighted by Gasteiger charge is -2.25. The first-order valence-electron chi connectivity index (χ1n) is 6.21. The van der Waals surface area contributed by atoms with E-state index in [9.17, 15) is 4.79 Å². The van der Waals surface area contributed by atoms with Crippen LogP contribution in [0, 0.1) is 5.92 Å². The molecule has 0 saturated heterocycles. The first kappa shape index (κ1) is 13.7. The zero-order chi connectivity index (χ0) is 13.0. The average Bonchev–Trinajstić information content (AvgIpc) is 2.30. The van der Waals surface area contributed by atoms with Gasteiger partial charge in [-0.25, -0.2) is 4.68 Å². The van der Waals surface area contributed by atoms with E-state index in [-0.39, 0.29) is 5.56 Å². The molecule has 0 radical (unpaired) electrons. The van der Waals surface area contributed by atoms with Crippen LogP contribution in [0.2, 0.25) is 5.02 Å². The Hall–Kier alpha value is -0.680. The molecule has 1 N–H and O–H groups in total. The lowest BCUT2D eigenvalue weighted by atomic mass is 9.85. The molecule has 0 spiro atoms. The fourth-order valence-electron chi connectivity index (χ4n) is 1.96. The Bertz CT molecular complexity index is 459. The number of thioether (sulfide) groups is 1. The van der Waals surface area contributed by atoms with Crippen LogP contribution in [0.15, 0.2) is 11.0 Å². The highest BCUT2D eigenvalue weighted by molar-refractivity contribution is 7.98. The molecule has 1 heterocycles. The second-order valence-electron chi connectivity index (χ2n) is 4.57. The van der Waals surface area contributed by atoms with Crippen LogP contribution < -0.4 is 10.9 Å². The maximum Gasteiger partial charge on any atom is 0.291 e. The van der Waals surface area contributed by atoms with Crippen molar-refractivity contribution in [2.45, 2.75) is 25.8 Å². The smallest absolute Gasteiger partial charge is 0.291 e. The van der Waals surface area contributed by atoms with Crippen molar-refractivity contribution in [3.8, 4) is 0 Å². The van der Waals surface area contributed by atoms with Crippen LogP contribution in [-0.4, -0.2) is 28.3 Å². The Kier molecular flexibility index (Phi) is 4.95. The predicted molar refractivity (Wildman–Crippen MR) is 77.7 cm³/mol. The summed E-state index contributed by atoms with van der Waals surface area (Å²) < 4.78 is 1.54. The second-order valence-corrected chi connectivity index (χ2v) is 5.96. The summed E-state index contributed by atoms with van der Waals surface area (Å²) >= 11 is 7.75. The number of halogens is 1. The molecule has 100 valence electrons. The number of nitrogens with one attached hydrogen (secondary N) is 1. The van der Waals surface area contributed by atoms with E-state index >= 15 is 0 Å². The molecule has 0 unspecified atom stereocenters. The van der Waals surface area contributed by atoms with Crippen molar-refractivity contribution in [2.75, 3.05) is 23.9 Å². The molecular weight excluding hydrogens is 270 g/mol. The fourth-order valence-corrected chi connectivity index (χ4v) is 2.45. The van der Waals surface area contributed by atoms with Gasteiger partial charge in [0.2, 0.25) is 0 Å². The predicted octanol–water partition coefficient (Wildman–Crippen LogP) is 2.47. The minimum atomic E-state index is -0.101. The van der Waals surface area contributed by atoms with E-state index < -0.39 is 0 Å². The fraction of sp³-hybridized carbons (Fsp3) is 0.667. The van der Waals surface area contributed by atoms with Crippen molar-refractivity contribution in [3.05, 3.63) is 21.6 Å². The van der Waals surface area contributed by atoms with E-state index in [4.69, 9.17) is 11.6 Å². The zero-order valence-corrected chi connectivity index (χ0v) is 12.1. The summed E-state index contributed by atoms with van der Waals surface area (Å²) in [6.45, 7) is 1.46. The molecule has 4 nitrogen and oxygen atoms in total. The van der Waals surface area contributed by atoms with Gasteiger partial charge in [-0.15, -0.1) is 0 Å². The molecular formula is C12H18ClN3OS. The third-order valence-electron chi connectivity index (χ3n) is 3.26. The molecule has 0 aromatic carbocycles. The van der Waals surface area contributed by atoms with Gasteiger partial charge < -0.3 is 5.32 Å². The minimum absolute atomic E-state index is 0.101. The molecule has 1 aromatic rings. The van der Waals surface area contributed by atoms with Gasteiger partial charge >= 0.3 is 0 Å². The summed E-state index contributed by atoms with van der Waals surface area (Å²) in [5.41, 5.74) is 0.385. The van der Waals surface area contributed by atoms with Crippen molar-refractivity contribution < 1.29 is 0 Å².